The third kappa shape index (κ3) is 3.72. The number of aromatic nitrogens is 1. The fraction of sp³-hybridized carbons (Fsp3) is 0.500. The van der Waals surface area contributed by atoms with Gasteiger partial charge >= 0.3 is 0 Å². The second-order valence-electron chi connectivity index (χ2n) is 5.64. The van der Waals surface area contributed by atoms with Crippen molar-refractivity contribution in [2.24, 2.45) is 0 Å². The molecule has 106 valence electrons. The molecule has 1 aromatic heterocycles. The third-order valence-corrected chi connectivity index (χ3v) is 2.89. The number of nitrogens with one attached hydrogen (secondary N) is 1. The van der Waals surface area contributed by atoms with Crippen LogP contribution in [0.5, 0.6) is 0 Å². The number of hydrogen-bond acceptors (Lipinski definition) is 4. The molecule has 1 aromatic carbocycles. The second-order valence-corrected chi connectivity index (χ2v) is 5.64. The number of nitrogens with zero attached hydrogens (tertiary/aromatic N) is 1. The lowest BCUT2D eigenvalue weighted by molar-refractivity contribution is 0.164. The topological polar surface area (TPSA) is 58.3 Å². The van der Waals surface area contributed by atoms with E-state index in [-0.39, 0.29) is 19.0 Å². The summed E-state index contributed by atoms with van der Waals surface area (Å²) in [6.07, 6.45) is -0.564. The molecule has 0 spiro atoms. The molecular formula is C14H22N2O2S. The number of aryl methyl sites for hydroxylation is 1. The van der Waals surface area contributed by atoms with Crippen molar-refractivity contribution in [3.63, 3.8) is 0 Å². The first-order valence-corrected chi connectivity index (χ1v) is 6.16. The van der Waals surface area contributed by atoms with Crippen molar-refractivity contribution in [1.82, 2.24) is 10.5 Å². The Balaban J connectivity index is 0.00000180. The molecule has 1 heterocycles. The number of aliphatic hydroxyl groups excluding tert-OH is 1. The predicted molar refractivity (Wildman–Crippen MR) is 81.8 cm³/mol. The average molecular weight is 282 g/mol. The minimum absolute atomic E-state index is 0. The monoisotopic (exact) mass is 282 g/mol. The highest BCUT2D eigenvalue weighted by atomic mass is 32.1. The van der Waals surface area contributed by atoms with Crippen molar-refractivity contribution in [2.75, 3.05) is 6.54 Å². The van der Waals surface area contributed by atoms with Gasteiger partial charge in [0, 0.05) is 12.1 Å². The lowest BCUT2D eigenvalue weighted by atomic mass is 10.0. The van der Waals surface area contributed by atoms with Gasteiger partial charge in [0.1, 0.15) is 0 Å². The summed E-state index contributed by atoms with van der Waals surface area (Å²) in [5, 5.41) is 18.4. The first kappa shape index (κ1) is 16.0. The molecule has 0 aliphatic carbocycles. The Hall–Kier alpha value is -1.04. The highest BCUT2D eigenvalue weighted by Gasteiger charge is 2.18. The summed E-state index contributed by atoms with van der Waals surface area (Å²) in [5.74, 6) is 0. The second kappa shape index (κ2) is 5.94. The Kier molecular flexibility index (Phi) is 5.01. The van der Waals surface area contributed by atoms with Crippen LogP contribution in [0.2, 0.25) is 0 Å². The normalized spacial score (nSPS) is 13.3. The number of aliphatic hydroxyl groups is 1. The van der Waals surface area contributed by atoms with Gasteiger partial charge in [-0.25, -0.2) is 0 Å². The third-order valence-electron chi connectivity index (χ3n) is 2.89. The maximum absolute atomic E-state index is 10.3. The van der Waals surface area contributed by atoms with Gasteiger partial charge in [0.15, 0.2) is 5.58 Å². The Morgan fingerprint density at radius 3 is 2.68 bits per heavy atom. The van der Waals surface area contributed by atoms with E-state index < -0.39 is 6.10 Å². The minimum Gasteiger partial charge on any atom is -0.387 e. The molecule has 19 heavy (non-hydrogen) atoms. The first-order valence-electron chi connectivity index (χ1n) is 6.16. The van der Waals surface area contributed by atoms with Gasteiger partial charge < -0.3 is 14.9 Å². The highest BCUT2D eigenvalue weighted by Crippen LogP contribution is 2.27. The van der Waals surface area contributed by atoms with Crippen molar-refractivity contribution in [2.45, 2.75) is 39.3 Å². The van der Waals surface area contributed by atoms with E-state index in [4.69, 9.17) is 4.52 Å². The molecule has 0 saturated carbocycles. The summed E-state index contributed by atoms with van der Waals surface area (Å²) in [7, 11) is 0. The zero-order chi connectivity index (χ0) is 13.3. The molecule has 5 heteroatoms. The summed E-state index contributed by atoms with van der Waals surface area (Å²) in [4.78, 5) is 0. The summed E-state index contributed by atoms with van der Waals surface area (Å²) in [5.41, 5.74) is 2.39. The molecule has 0 saturated heterocycles. The van der Waals surface area contributed by atoms with Gasteiger partial charge in [0.05, 0.1) is 17.2 Å². The molecular weight excluding hydrogens is 260 g/mol. The molecule has 0 aliphatic rings. The SMILES string of the molecule is Cc1noc2cccc([C@H](O)CNC(C)(C)C)c12.S. The van der Waals surface area contributed by atoms with Crippen LogP contribution < -0.4 is 5.32 Å². The van der Waals surface area contributed by atoms with Crippen LogP contribution in [0.3, 0.4) is 0 Å². The number of β-amino-alcohol motifs (C(OH)–C–C–N with tert-alkyl or cyclic N) is 1. The fourth-order valence-electron chi connectivity index (χ4n) is 1.97. The Labute approximate surface area is 120 Å². The van der Waals surface area contributed by atoms with E-state index in [1.165, 1.54) is 0 Å². The molecule has 0 amide bonds. The number of hydrogen-bond donors (Lipinski definition) is 2. The van der Waals surface area contributed by atoms with Crippen LogP contribution in [0.4, 0.5) is 0 Å². The van der Waals surface area contributed by atoms with Gasteiger partial charge in [-0.15, -0.1) is 0 Å². The van der Waals surface area contributed by atoms with Crippen molar-refractivity contribution >= 4 is 24.5 Å². The molecule has 0 bridgehead atoms. The van der Waals surface area contributed by atoms with Crippen LogP contribution in [-0.4, -0.2) is 22.3 Å². The molecule has 0 aliphatic heterocycles. The van der Waals surface area contributed by atoms with Gasteiger partial charge in [0.2, 0.25) is 0 Å². The summed E-state index contributed by atoms with van der Waals surface area (Å²) in [6, 6.07) is 5.66. The summed E-state index contributed by atoms with van der Waals surface area (Å²) in [6.45, 7) is 8.62. The standard InChI is InChI=1S/C14H20N2O2.H2S/c1-9-13-10(6-5-7-12(13)18-16-9)11(17)8-15-14(2,3)4;/h5-7,11,15,17H,8H2,1-4H3;1H2/t11-;/m1./s1. The predicted octanol–water partition coefficient (Wildman–Crippen LogP) is 2.67. The van der Waals surface area contributed by atoms with E-state index in [9.17, 15) is 5.11 Å². The Morgan fingerprint density at radius 1 is 1.37 bits per heavy atom. The molecule has 2 rings (SSSR count). The van der Waals surface area contributed by atoms with Gasteiger partial charge in [0.25, 0.3) is 0 Å². The fourth-order valence-corrected chi connectivity index (χ4v) is 1.97. The van der Waals surface area contributed by atoms with Crippen LogP contribution in [0.15, 0.2) is 22.7 Å². The van der Waals surface area contributed by atoms with E-state index in [1.54, 1.807) is 0 Å². The van der Waals surface area contributed by atoms with Crippen molar-refractivity contribution in [3.05, 3.63) is 29.5 Å². The quantitative estimate of drug-likeness (QED) is 0.908. The molecule has 4 nitrogen and oxygen atoms in total. The first-order chi connectivity index (χ1) is 8.38. The lowest BCUT2D eigenvalue weighted by Crippen LogP contribution is -2.38. The van der Waals surface area contributed by atoms with E-state index >= 15 is 0 Å². The number of rotatable bonds is 3. The van der Waals surface area contributed by atoms with Crippen LogP contribution in [0.1, 0.15) is 38.1 Å². The maximum Gasteiger partial charge on any atom is 0.167 e. The summed E-state index contributed by atoms with van der Waals surface area (Å²) >= 11 is 0. The van der Waals surface area contributed by atoms with E-state index in [2.05, 4.69) is 31.2 Å². The molecule has 0 radical (unpaired) electrons. The van der Waals surface area contributed by atoms with Gasteiger partial charge in [-0.05, 0) is 39.3 Å². The van der Waals surface area contributed by atoms with Crippen LogP contribution in [0, 0.1) is 6.92 Å². The molecule has 2 N–H and O–H groups in total. The van der Waals surface area contributed by atoms with Gasteiger partial charge in [-0.3, -0.25) is 0 Å². The maximum atomic E-state index is 10.3. The minimum atomic E-state index is -0.564. The molecule has 2 aromatic rings. The van der Waals surface area contributed by atoms with Gasteiger partial charge in [-0.1, -0.05) is 17.3 Å². The average Bonchev–Trinajstić information content (AvgIpc) is 2.67. The lowest BCUT2D eigenvalue weighted by Gasteiger charge is -2.23. The van der Waals surface area contributed by atoms with Crippen LogP contribution in [-0.2, 0) is 0 Å². The molecule has 0 fully saturated rings. The van der Waals surface area contributed by atoms with Crippen LogP contribution >= 0.6 is 13.5 Å². The zero-order valence-electron chi connectivity index (χ0n) is 11.8. The highest BCUT2D eigenvalue weighted by molar-refractivity contribution is 7.59. The number of benzene rings is 1. The van der Waals surface area contributed by atoms with Crippen molar-refractivity contribution < 1.29 is 9.63 Å². The van der Waals surface area contributed by atoms with E-state index in [1.807, 2.05) is 25.1 Å². The zero-order valence-corrected chi connectivity index (χ0v) is 12.8. The summed E-state index contributed by atoms with van der Waals surface area (Å²) < 4.78 is 5.20. The van der Waals surface area contributed by atoms with Crippen molar-refractivity contribution in [3.8, 4) is 0 Å². The van der Waals surface area contributed by atoms with E-state index in [0.717, 1.165) is 22.2 Å². The van der Waals surface area contributed by atoms with Crippen LogP contribution in [0.25, 0.3) is 11.0 Å². The number of fused-ring (bicyclic) bond motifs is 1. The van der Waals surface area contributed by atoms with Crippen molar-refractivity contribution in [1.29, 1.82) is 0 Å². The molecule has 0 unspecified atom stereocenters. The largest absolute Gasteiger partial charge is 0.387 e. The Morgan fingerprint density at radius 2 is 2.05 bits per heavy atom. The Bertz CT molecular complexity index is 546. The molecule has 1 atom stereocenters. The smallest absolute Gasteiger partial charge is 0.167 e. The van der Waals surface area contributed by atoms with E-state index in [0.29, 0.717) is 6.54 Å². The van der Waals surface area contributed by atoms with Gasteiger partial charge in [-0.2, -0.15) is 13.5 Å².